The van der Waals surface area contributed by atoms with Crippen LogP contribution in [-0.4, -0.2) is 21.4 Å². The number of hydrogen-bond donors (Lipinski definition) is 2. The first kappa shape index (κ1) is 9.98. The third kappa shape index (κ3) is 1.68. The second kappa shape index (κ2) is 3.90. The molecule has 0 aliphatic heterocycles. The maximum Gasteiger partial charge on any atom is 0.138 e. The summed E-state index contributed by atoms with van der Waals surface area (Å²) >= 11 is 5.86. The maximum absolute atomic E-state index is 8.59. The van der Waals surface area contributed by atoms with E-state index in [2.05, 4.69) is 15.1 Å². The average molecular weight is 224 g/mol. The van der Waals surface area contributed by atoms with E-state index in [-0.39, 0.29) is 0 Å². The third-order valence-electron chi connectivity index (χ3n) is 2.28. The van der Waals surface area contributed by atoms with E-state index in [1.54, 1.807) is 12.3 Å². The molecule has 15 heavy (non-hydrogen) atoms. The summed E-state index contributed by atoms with van der Waals surface area (Å²) in [5.74, 6) is 0. The van der Waals surface area contributed by atoms with Gasteiger partial charge in [-0.25, -0.2) is 4.98 Å². The lowest BCUT2D eigenvalue weighted by molar-refractivity contribution is 0.322. The van der Waals surface area contributed by atoms with E-state index < -0.39 is 0 Å². The zero-order valence-electron chi connectivity index (χ0n) is 8.16. The molecule has 0 aromatic carbocycles. The van der Waals surface area contributed by atoms with Crippen molar-refractivity contribution in [2.24, 2.45) is 5.16 Å². The third-order valence-corrected chi connectivity index (χ3v) is 2.49. The topological polar surface area (TPSA) is 61.3 Å². The minimum atomic E-state index is 0.566. The van der Waals surface area contributed by atoms with Crippen LogP contribution in [0.25, 0.3) is 11.0 Å². The number of hydrogen-bond acceptors (Lipinski definition) is 3. The van der Waals surface area contributed by atoms with Gasteiger partial charge in [-0.1, -0.05) is 23.7 Å². The van der Waals surface area contributed by atoms with Gasteiger partial charge in [-0.2, -0.15) is 0 Å². The Bertz CT molecular complexity index is 519. The molecule has 0 unspecified atom stereocenters. The molecule has 2 N–H and O–H groups in total. The number of fused-ring (bicyclic) bond motifs is 1. The van der Waals surface area contributed by atoms with Gasteiger partial charge in [0.05, 0.1) is 11.2 Å². The lowest BCUT2D eigenvalue weighted by Gasteiger charge is -1.93. The molecule has 2 aromatic rings. The average Bonchev–Trinajstić information content (AvgIpc) is 2.57. The molecule has 0 radical (unpaired) electrons. The summed E-state index contributed by atoms with van der Waals surface area (Å²) < 4.78 is 0. The van der Waals surface area contributed by atoms with Crippen LogP contribution in [0, 0.1) is 0 Å². The quantitative estimate of drug-likeness (QED) is 0.467. The van der Waals surface area contributed by atoms with Crippen LogP contribution in [-0.2, 0) is 6.42 Å². The molecule has 0 atom stereocenters. The number of H-pyrrole nitrogens is 1. The Hall–Kier alpha value is -1.55. The van der Waals surface area contributed by atoms with Crippen molar-refractivity contribution in [3.8, 4) is 0 Å². The summed E-state index contributed by atoms with van der Waals surface area (Å²) in [4.78, 5) is 7.32. The van der Waals surface area contributed by atoms with Gasteiger partial charge in [0.25, 0.3) is 0 Å². The molecule has 4 nitrogen and oxygen atoms in total. The molecule has 0 fully saturated rings. The molecule has 0 saturated carbocycles. The van der Waals surface area contributed by atoms with E-state index in [0.29, 0.717) is 5.02 Å². The van der Waals surface area contributed by atoms with E-state index in [1.807, 2.05) is 6.92 Å². The molecule has 78 valence electrons. The lowest BCUT2D eigenvalue weighted by atomic mass is 10.1. The van der Waals surface area contributed by atoms with Crippen molar-refractivity contribution >= 4 is 28.8 Å². The van der Waals surface area contributed by atoms with Crippen LogP contribution >= 0.6 is 11.6 Å². The number of rotatable bonds is 2. The molecule has 0 saturated heterocycles. The highest BCUT2D eigenvalue weighted by atomic mass is 35.5. The number of aryl methyl sites for hydroxylation is 1. The van der Waals surface area contributed by atoms with Gasteiger partial charge in [0, 0.05) is 22.8 Å². The fraction of sp³-hybridized carbons (Fsp3) is 0.200. The molecule has 2 heterocycles. The van der Waals surface area contributed by atoms with Crippen molar-refractivity contribution in [1.82, 2.24) is 9.97 Å². The number of halogens is 1. The van der Waals surface area contributed by atoms with E-state index in [4.69, 9.17) is 16.8 Å². The largest absolute Gasteiger partial charge is 0.411 e. The first-order valence-electron chi connectivity index (χ1n) is 4.59. The molecule has 2 rings (SSSR count). The van der Waals surface area contributed by atoms with Gasteiger partial charge >= 0.3 is 0 Å². The van der Waals surface area contributed by atoms with Crippen LogP contribution in [0.5, 0.6) is 0 Å². The normalized spacial score (nSPS) is 11.6. The second-order valence-electron chi connectivity index (χ2n) is 3.17. The Morgan fingerprint density at radius 1 is 1.67 bits per heavy atom. The predicted molar refractivity (Wildman–Crippen MR) is 59.9 cm³/mol. The molecule has 2 aromatic heterocycles. The van der Waals surface area contributed by atoms with Crippen molar-refractivity contribution in [3.63, 3.8) is 0 Å². The number of nitrogens with one attached hydrogen (secondary N) is 1. The van der Waals surface area contributed by atoms with Gasteiger partial charge in [-0.05, 0) is 12.5 Å². The van der Waals surface area contributed by atoms with Crippen molar-refractivity contribution < 1.29 is 5.21 Å². The molecule has 0 spiro atoms. The van der Waals surface area contributed by atoms with E-state index in [0.717, 1.165) is 28.7 Å². The first-order valence-corrected chi connectivity index (χ1v) is 4.97. The van der Waals surface area contributed by atoms with E-state index in [9.17, 15) is 0 Å². The van der Waals surface area contributed by atoms with Crippen molar-refractivity contribution in [3.05, 3.63) is 28.5 Å². The fourth-order valence-electron chi connectivity index (χ4n) is 1.60. The van der Waals surface area contributed by atoms with Crippen LogP contribution in [0.1, 0.15) is 18.2 Å². The zero-order valence-corrected chi connectivity index (χ0v) is 8.91. The van der Waals surface area contributed by atoms with Crippen molar-refractivity contribution in [2.45, 2.75) is 13.3 Å². The number of oxime groups is 1. The second-order valence-corrected chi connectivity index (χ2v) is 3.60. The highest BCUT2D eigenvalue weighted by molar-refractivity contribution is 6.31. The Morgan fingerprint density at radius 2 is 2.47 bits per heavy atom. The minimum absolute atomic E-state index is 0.566. The van der Waals surface area contributed by atoms with Gasteiger partial charge in [0.2, 0.25) is 0 Å². The number of nitrogens with zero attached hydrogens (tertiary/aromatic N) is 2. The van der Waals surface area contributed by atoms with Crippen LogP contribution in [0.4, 0.5) is 0 Å². The van der Waals surface area contributed by atoms with Gasteiger partial charge in [-0.3, -0.25) is 0 Å². The van der Waals surface area contributed by atoms with Crippen LogP contribution < -0.4 is 0 Å². The van der Waals surface area contributed by atoms with E-state index in [1.165, 1.54) is 6.21 Å². The SMILES string of the molecule is CCc1[nH]c2ncc(Cl)cc2c1/C=N/O. The number of pyridine rings is 1. The van der Waals surface area contributed by atoms with E-state index >= 15 is 0 Å². The van der Waals surface area contributed by atoms with Gasteiger partial charge in [0.1, 0.15) is 5.65 Å². The highest BCUT2D eigenvalue weighted by Crippen LogP contribution is 2.22. The Balaban J connectivity index is 2.76. The maximum atomic E-state index is 8.59. The number of aromatic nitrogens is 2. The van der Waals surface area contributed by atoms with Crippen LogP contribution in [0.15, 0.2) is 17.4 Å². The molecule has 0 amide bonds. The summed E-state index contributed by atoms with van der Waals surface area (Å²) in [7, 11) is 0. The number of aromatic amines is 1. The Morgan fingerprint density at radius 3 is 3.13 bits per heavy atom. The summed E-state index contributed by atoms with van der Waals surface area (Å²) in [5, 5.41) is 13.1. The summed E-state index contributed by atoms with van der Waals surface area (Å²) in [5.41, 5.74) is 2.58. The van der Waals surface area contributed by atoms with Gasteiger partial charge in [-0.15, -0.1) is 0 Å². The predicted octanol–water partition coefficient (Wildman–Crippen LogP) is 2.59. The van der Waals surface area contributed by atoms with Crippen LogP contribution in [0.2, 0.25) is 5.02 Å². The standard InChI is InChI=1S/C10H10ClN3O/c1-2-9-8(5-13-15)7-3-6(11)4-12-10(7)14-9/h3-5,15H,2H2,1H3,(H,12,14)/b13-5+. The molecular formula is C10H10ClN3O. The monoisotopic (exact) mass is 223 g/mol. The highest BCUT2D eigenvalue weighted by Gasteiger charge is 2.09. The van der Waals surface area contributed by atoms with Gasteiger partial charge in [0.15, 0.2) is 0 Å². The smallest absolute Gasteiger partial charge is 0.138 e. The first-order chi connectivity index (χ1) is 7.26. The van der Waals surface area contributed by atoms with Crippen LogP contribution in [0.3, 0.4) is 0 Å². The molecule has 0 bridgehead atoms. The Labute approximate surface area is 91.6 Å². The summed E-state index contributed by atoms with van der Waals surface area (Å²) in [6.07, 6.45) is 3.80. The lowest BCUT2D eigenvalue weighted by Crippen LogP contribution is -1.87. The molecular weight excluding hydrogens is 214 g/mol. The summed E-state index contributed by atoms with van der Waals surface area (Å²) in [6, 6.07) is 1.80. The fourth-order valence-corrected chi connectivity index (χ4v) is 1.76. The summed E-state index contributed by atoms with van der Waals surface area (Å²) in [6.45, 7) is 2.01. The Kier molecular flexibility index (Phi) is 2.60. The van der Waals surface area contributed by atoms with Crippen molar-refractivity contribution in [2.75, 3.05) is 0 Å². The van der Waals surface area contributed by atoms with Crippen molar-refractivity contribution in [1.29, 1.82) is 0 Å². The minimum Gasteiger partial charge on any atom is -0.411 e. The molecule has 5 heteroatoms. The molecule has 0 aliphatic rings. The zero-order chi connectivity index (χ0) is 10.8. The molecule has 0 aliphatic carbocycles. The van der Waals surface area contributed by atoms with Gasteiger partial charge < -0.3 is 10.2 Å².